The molecule has 0 aliphatic heterocycles. The zero-order valence-electron chi connectivity index (χ0n) is 15.4. The molecule has 2 N–H and O–H groups in total. The molecule has 22 heavy (non-hydrogen) atoms. The summed E-state index contributed by atoms with van der Waals surface area (Å²) in [4.78, 5) is 4.28. The summed E-state index contributed by atoms with van der Waals surface area (Å²) < 4.78 is 1.93. The van der Waals surface area contributed by atoms with Crippen LogP contribution in [0.4, 0.5) is 0 Å². The highest BCUT2D eigenvalue weighted by molar-refractivity contribution is 5.79. The van der Waals surface area contributed by atoms with Crippen LogP contribution in [0, 0.1) is 19.3 Å². The first-order valence-corrected chi connectivity index (χ1v) is 8.18. The molecular formula is C17H33N5. The van der Waals surface area contributed by atoms with Gasteiger partial charge in [0, 0.05) is 38.4 Å². The van der Waals surface area contributed by atoms with E-state index in [4.69, 9.17) is 0 Å². The largest absolute Gasteiger partial charge is 0.356 e. The van der Waals surface area contributed by atoms with E-state index >= 15 is 0 Å². The fourth-order valence-corrected chi connectivity index (χ4v) is 2.45. The van der Waals surface area contributed by atoms with Crippen molar-refractivity contribution < 1.29 is 0 Å². The lowest BCUT2D eigenvalue weighted by Gasteiger charge is -2.18. The molecule has 0 amide bonds. The number of rotatable bonds is 6. The van der Waals surface area contributed by atoms with Crippen LogP contribution >= 0.6 is 0 Å². The first-order valence-electron chi connectivity index (χ1n) is 8.18. The molecule has 0 radical (unpaired) electrons. The van der Waals surface area contributed by atoms with Gasteiger partial charge in [0.05, 0.1) is 5.69 Å². The monoisotopic (exact) mass is 307 g/mol. The third-order valence-electron chi connectivity index (χ3n) is 3.96. The molecule has 0 spiro atoms. The van der Waals surface area contributed by atoms with E-state index in [-0.39, 0.29) is 0 Å². The van der Waals surface area contributed by atoms with Crippen molar-refractivity contribution in [2.75, 3.05) is 13.6 Å². The third kappa shape index (κ3) is 6.08. The topological polar surface area (TPSA) is 54.2 Å². The smallest absolute Gasteiger partial charge is 0.191 e. The average Bonchev–Trinajstić information content (AvgIpc) is 2.66. The van der Waals surface area contributed by atoms with E-state index in [1.165, 1.54) is 30.5 Å². The Morgan fingerprint density at radius 1 is 1.18 bits per heavy atom. The summed E-state index contributed by atoms with van der Waals surface area (Å²) in [6.07, 6.45) is 3.67. The minimum absolute atomic E-state index is 0.426. The maximum atomic E-state index is 4.44. The van der Waals surface area contributed by atoms with E-state index in [0.29, 0.717) is 5.41 Å². The summed E-state index contributed by atoms with van der Waals surface area (Å²) >= 11 is 0. The summed E-state index contributed by atoms with van der Waals surface area (Å²) in [6.45, 7) is 12.7. The van der Waals surface area contributed by atoms with E-state index in [0.717, 1.165) is 24.7 Å². The zero-order chi connectivity index (χ0) is 16.8. The zero-order valence-corrected chi connectivity index (χ0v) is 15.4. The Bertz CT molecular complexity index is 494. The van der Waals surface area contributed by atoms with Gasteiger partial charge in [-0.25, -0.2) is 0 Å². The first kappa shape index (κ1) is 18.5. The minimum Gasteiger partial charge on any atom is -0.356 e. The lowest BCUT2D eigenvalue weighted by atomic mass is 9.90. The Kier molecular flexibility index (Phi) is 6.91. The van der Waals surface area contributed by atoms with Crippen LogP contribution in [0.25, 0.3) is 0 Å². The molecule has 5 nitrogen and oxygen atoms in total. The van der Waals surface area contributed by atoms with Crippen LogP contribution in [-0.2, 0) is 13.6 Å². The van der Waals surface area contributed by atoms with Gasteiger partial charge in [-0.1, -0.05) is 27.2 Å². The SMILES string of the molecule is CN=C(NCCCCC(C)(C)C)NCc1c(C)nn(C)c1C. The summed E-state index contributed by atoms with van der Waals surface area (Å²) in [7, 11) is 3.79. The lowest BCUT2D eigenvalue weighted by Crippen LogP contribution is -2.37. The van der Waals surface area contributed by atoms with Gasteiger partial charge in [0.1, 0.15) is 0 Å². The van der Waals surface area contributed by atoms with Gasteiger partial charge in [-0.05, 0) is 32.1 Å². The maximum Gasteiger partial charge on any atom is 0.191 e. The molecule has 5 heteroatoms. The summed E-state index contributed by atoms with van der Waals surface area (Å²) in [5, 5.41) is 11.2. The van der Waals surface area contributed by atoms with Crippen molar-refractivity contribution in [2.45, 2.75) is 60.4 Å². The van der Waals surface area contributed by atoms with Crippen LogP contribution in [0.2, 0.25) is 0 Å². The molecule has 1 rings (SSSR count). The van der Waals surface area contributed by atoms with Crippen molar-refractivity contribution in [1.82, 2.24) is 20.4 Å². The van der Waals surface area contributed by atoms with Crippen molar-refractivity contribution in [1.29, 1.82) is 0 Å². The van der Waals surface area contributed by atoms with E-state index < -0.39 is 0 Å². The Hall–Kier alpha value is -1.52. The number of aryl methyl sites for hydroxylation is 2. The highest BCUT2D eigenvalue weighted by Crippen LogP contribution is 2.21. The van der Waals surface area contributed by atoms with Crippen molar-refractivity contribution in [2.24, 2.45) is 17.5 Å². The van der Waals surface area contributed by atoms with Gasteiger partial charge in [-0.2, -0.15) is 5.10 Å². The molecule has 0 aliphatic carbocycles. The molecule has 0 aliphatic rings. The number of unbranched alkanes of at least 4 members (excludes halogenated alkanes) is 1. The van der Waals surface area contributed by atoms with Crippen LogP contribution in [0.3, 0.4) is 0 Å². The lowest BCUT2D eigenvalue weighted by molar-refractivity contribution is 0.360. The number of aromatic nitrogens is 2. The highest BCUT2D eigenvalue weighted by Gasteiger charge is 2.10. The van der Waals surface area contributed by atoms with Gasteiger partial charge in [0.15, 0.2) is 5.96 Å². The fourth-order valence-electron chi connectivity index (χ4n) is 2.45. The first-order chi connectivity index (χ1) is 10.2. The quantitative estimate of drug-likeness (QED) is 0.483. The molecular weight excluding hydrogens is 274 g/mol. The second-order valence-electron chi connectivity index (χ2n) is 7.14. The molecule has 0 unspecified atom stereocenters. The Morgan fingerprint density at radius 2 is 1.86 bits per heavy atom. The Labute approximate surface area is 135 Å². The predicted octanol–water partition coefficient (Wildman–Crippen LogP) is 2.92. The van der Waals surface area contributed by atoms with Gasteiger partial charge < -0.3 is 10.6 Å². The molecule has 0 saturated heterocycles. The van der Waals surface area contributed by atoms with Crippen molar-refractivity contribution in [3.8, 4) is 0 Å². The molecule has 1 aromatic heterocycles. The number of guanidine groups is 1. The second kappa shape index (κ2) is 8.20. The molecule has 0 atom stereocenters. The van der Waals surface area contributed by atoms with Crippen LogP contribution in [0.15, 0.2) is 4.99 Å². The number of hydrogen-bond acceptors (Lipinski definition) is 2. The molecule has 0 fully saturated rings. The molecule has 0 aromatic carbocycles. The van der Waals surface area contributed by atoms with Crippen LogP contribution < -0.4 is 10.6 Å². The fraction of sp³-hybridized carbons (Fsp3) is 0.765. The van der Waals surface area contributed by atoms with E-state index in [2.05, 4.69) is 48.4 Å². The second-order valence-corrected chi connectivity index (χ2v) is 7.14. The molecule has 0 saturated carbocycles. The van der Waals surface area contributed by atoms with Gasteiger partial charge in [0.25, 0.3) is 0 Å². The van der Waals surface area contributed by atoms with Crippen LogP contribution in [0.5, 0.6) is 0 Å². The van der Waals surface area contributed by atoms with Gasteiger partial charge >= 0.3 is 0 Å². The van der Waals surface area contributed by atoms with Crippen molar-refractivity contribution in [3.63, 3.8) is 0 Å². The van der Waals surface area contributed by atoms with E-state index in [1.807, 2.05) is 25.7 Å². The Balaban J connectivity index is 2.34. The summed E-state index contributed by atoms with van der Waals surface area (Å²) in [6, 6.07) is 0. The average molecular weight is 307 g/mol. The van der Waals surface area contributed by atoms with Gasteiger partial charge in [-0.3, -0.25) is 9.67 Å². The molecule has 1 heterocycles. The standard InChI is InChI=1S/C17H33N5/c1-13-15(14(2)22(7)21-13)12-20-16(18-6)19-11-9-8-10-17(3,4)5/h8-12H2,1-7H3,(H2,18,19,20). The number of nitrogens with zero attached hydrogens (tertiary/aromatic N) is 3. The minimum atomic E-state index is 0.426. The highest BCUT2D eigenvalue weighted by atomic mass is 15.3. The number of hydrogen-bond donors (Lipinski definition) is 2. The number of nitrogens with one attached hydrogen (secondary N) is 2. The van der Waals surface area contributed by atoms with Crippen molar-refractivity contribution in [3.05, 3.63) is 17.0 Å². The molecule has 126 valence electrons. The third-order valence-corrected chi connectivity index (χ3v) is 3.96. The maximum absolute atomic E-state index is 4.44. The number of aliphatic imine (C=N–C) groups is 1. The summed E-state index contributed by atoms with van der Waals surface area (Å²) in [5.41, 5.74) is 3.95. The van der Waals surface area contributed by atoms with Crippen molar-refractivity contribution >= 4 is 5.96 Å². The predicted molar refractivity (Wildman–Crippen MR) is 94.2 cm³/mol. The van der Waals surface area contributed by atoms with Gasteiger partial charge in [-0.15, -0.1) is 0 Å². The normalized spacial score (nSPS) is 12.6. The van der Waals surface area contributed by atoms with Gasteiger partial charge in [0.2, 0.25) is 0 Å². The van der Waals surface area contributed by atoms with E-state index in [1.54, 1.807) is 0 Å². The van der Waals surface area contributed by atoms with Crippen LogP contribution in [-0.4, -0.2) is 29.3 Å². The van der Waals surface area contributed by atoms with E-state index in [9.17, 15) is 0 Å². The molecule has 1 aromatic rings. The Morgan fingerprint density at radius 3 is 2.36 bits per heavy atom. The molecule has 0 bridgehead atoms. The summed E-state index contributed by atoms with van der Waals surface area (Å²) in [5.74, 6) is 0.860. The van der Waals surface area contributed by atoms with Crippen LogP contribution in [0.1, 0.15) is 57.0 Å².